The molecule has 25 heavy (non-hydrogen) atoms. The highest BCUT2D eigenvalue weighted by molar-refractivity contribution is 6.04. The highest BCUT2D eigenvalue weighted by Gasteiger charge is 2.20. The van der Waals surface area contributed by atoms with Gasteiger partial charge < -0.3 is 26.0 Å². The van der Waals surface area contributed by atoms with Gasteiger partial charge in [-0.3, -0.25) is 4.79 Å². The van der Waals surface area contributed by atoms with E-state index in [4.69, 9.17) is 10.8 Å². The molecular formula is C18H20N4O3. The lowest BCUT2D eigenvalue weighted by molar-refractivity contribution is 0.102. The van der Waals surface area contributed by atoms with Gasteiger partial charge in [0.05, 0.1) is 0 Å². The number of nitrogens with zero attached hydrogens (tertiary/aromatic N) is 2. The van der Waals surface area contributed by atoms with Gasteiger partial charge in [-0.05, 0) is 48.5 Å². The molecule has 0 unspecified atom stereocenters. The van der Waals surface area contributed by atoms with E-state index in [1.165, 1.54) is 4.90 Å². The summed E-state index contributed by atoms with van der Waals surface area (Å²) in [6, 6.07) is 14.3. The first-order valence-corrected chi connectivity index (χ1v) is 8.03. The van der Waals surface area contributed by atoms with Crippen LogP contribution in [0.25, 0.3) is 0 Å². The van der Waals surface area contributed by atoms with Crippen molar-refractivity contribution in [2.24, 2.45) is 0 Å². The second kappa shape index (κ2) is 7.12. The molecule has 1 aliphatic heterocycles. The molecule has 2 aromatic carbocycles. The van der Waals surface area contributed by atoms with Crippen LogP contribution < -0.4 is 16.0 Å². The molecular weight excluding hydrogens is 320 g/mol. The Labute approximate surface area is 145 Å². The lowest BCUT2D eigenvalue weighted by Crippen LogP contribution is -2.48. The van der Waals surface area contributed by atoms with Crippen LogP contribution >= 0.6 is 0 Å². The Bertz CT molecular complexity index is 751. The van der Waals surface area contributed by atoms with Crippen LogP contribution in [0.4, 0.5) is 21.9 Å². The summed E-state index contributed by atoms with van der Waals surface area (Å²) in [5, 5.41) is 11.8. The molecule has 1 saturated heterocycles. The first kappa shape index (κ1) is 16.6. The molecule has 0 aromatic heterocycles. The van der Waals surface area contributed by atoms with Crippen molar-refractivity contribution in [2.45, 2.75) is 0 Å². The molecule has 0 spiro atoms. The summed E-state index contributed by atoms with van der Waals surface area (Å²) < 4.78 is 0. The predicted octanol–water partition coefficient (Wildman–Crippen LogP) is 2.32. The summed E-state index contributed by atoms with van der Waals surface area (Å²) in [7, 11) is 0. The van der Waals surface area contributed by atoms with Crippen LogP contribution in [0.2, 0.25) is 0 Å². The van der Waals surface area contributed by atoms with Crippen LogP contribution in [0.1, 0.15) is 10.4 Å². The van der Waals surface area contributed by atoms with Gasteiger partial charge in [-0.1, -0.05) is 0 Å². The summed E-state index contributed by atoms with van der Waals surface area (Å²) >= 11 is 0. The van der Waals surface area contributed by atoms with Crippen molar-refractivity contribution in [1.82, 2.24) is 4.90 Å². The molecule has 7 heteroatoms. The molecule has 4 N–H and O–H groups in total. The molecule has 0 saturated carbocycles. The van der Waals surface area contributed by atoms with Crippen LogP contribution in [0.3, 0.4) is 0 Å². The molecule has 2 amide bonds. The van der Waals surface area contributed by atoms with Crippen LogP contribution in [-0.2, 0) is 0 Å². The van der Waals surface area contributed by atoms with Crippen molar-refractivity contribution >= 4 is 29.1 Å². The SMILES string of the molecule is Nc1ccc(C(=O)Nc2ccc(N3CCN(C(=O)O)CC3)cc2)cc1. The van der Waals surface area contributed by atoms with Crippen molar-refractivity contribution in [1.29, 1.82) is 0 Å². The first-order chi connectivity index (χ1) is 12.0. The second-order valence-corrected chi connectivity index (χ2v) is 5.88. The molecule has 0 bridgehead atoms. The largest absolute Gasteiger partial charge is 0.465 e. The first-order valence-electron chi connectivity index (χ1n) is 8.03. The summed E-state index contributed by atoms with van der Waals surface area (Å²) in [6.45, 7) is 2.29. The molecule has 0 aliphatic carbocycles. The van der Waals surface area contributed by atoms with Gasteiger partial charge in [0.1, 0.15) is 0 Å². The topological polar surface area (TPSA) is 98.9 Å². The lowest BCUT2D eigenvalue weighted by Gasteiger charge is -2.34. The number of piperazine rings is 1. The third-order valence-electron chi connectivity index (χ3n) is 4.21. The Kier molecular flexibility index (Phi) is 4.74. The van der Waals surface area contributed by atoms with Crippen LogP contribution in [0.5, 0.6) is 0 Å². The molecule has 1 fully saturated rings. The molecule has 3 rings (SSSR count). The van der Waals surface area contributed by atoms with Crippen LogP contribution in [0, 0.1) is 0 Å². The molecule has 0 atom stereocenters. The van der Waals surface area contributed by atoms with Gasteiger partial charge in [0, 0.05) is 48.8 Å². The van der Waals surface area contributed by atoms with E-state index < -0.39 is 6.09 Å². The predicted molar refractivity (Wildman–Crippen MR) is 97.1 cm³/mol. The molecule has 130 valence electrons. The molecule has 7 nitrogen and oxygen atoms in total. The highest BCUT2D eigenvalue weighted by Crippen LogP contribution is 2.20. The van der Waals surface area contributed by atoms with Crippen LogP contribution in [-0.4, -0.2) is 48.2 Å². The van der Waals surface area contributed by atoms with Crippen molar-refractivity contribution in [3.63, 3.8) is 0 Å². The summed E-state index contributed by atoms with van der Waals surface area (Å²) in [5.41, 5.74) is 8.49. The third kappa shape index (κ3) is 4.00. The van der Waals surface area contributed by atoms with E-state index in [-0.39, 0.29) is 5.91 Å². The number of hydrogen-bond donors (Lipinski definition) is 3. The molecule has 2 aromatic rings. The fourth-order valence-corrected chi connectivity index (χ4v) is 2.75. The number of nitrogens with one attached hydrogen (secondary N) is 1. The minimum atomic E-state index is -0.875. The van der Waals surface area contributed by atoms with Crippen LogP contribution in [0.15, 0.2) is 48.5 Å². The van der Waals surface area contributed by atoms with E-state index >= 15 is 0 Å². The van der Waals surface area contributed by atoms with E-state index in [9.17, 15) is 9.59 Å². The van der Waals surface area contributed by atoms with Gasteiger partial charge in [0.2, 0.25) is 0 Å². The van der Waals surface area contributed by atoms with E-state index in [1.54, 1.807) is 24.3 Å². The number of hydrogen-bond acceptors (Lipinski definition) is 4. The average molecular weight is 340 g/mol. The molecule has 0 radical (unpaired) electrons. The Morgan fingerprint density at radius 3 is 2.08 bits per heavy atom. The van der Waals surface area contributed by atoms with Gasteiger partial charge in [-0.2, -0.15) is 0 Å². The number of benzene rings is 2. The number of anilines is 3. The monoisotopic (exact) mass is 340 g/mol. The van der Waals surface area contributed by atoms with Crippen molar-refractivity contribution in [2.75, 3.05) is 42.1 Å². The number of nitrogen functional groups attached to an aromatic ring is 1. The number of amides is 2. The van der Waals surface area contributed by atoms with Gasteiger partial charge in [-0.15, -0.1) is 0 Å². The van der Waals surface area contributed by atoms with E-state index in [1.807, 2.05) is 24.3 Å². The summed E-state index contributed by atoms with van der Waals surface area (Å²) in [5.74, 6) is -0.192. The standard InChI is InChI=1S/C18H20N4O3/c19-14-3-1-13(2-4-14)17(23)20-15-5-7-16(8-6-15)21-9-11-22(12-10-21)18(24)25/h1-8H,9-12,19H2,(H,20,23)(H,24,25). The number of rotatable bonds is 3. The van der Waals surface area contributed by atoms with E-state index in [2.05, 4.69) is 10.2 Å². The van der Waals surface area contributed by atoms with Crippen molar-refractivity contribution in [3.8, 4) is 0 Å². The van der Waals surface area contributed by atoms with E-state index in [0.717, 1.165) is 5.69 Å². The van der Waals surface area contributed by atoms with Gasteiger partial charge in [0.25, 0.3) is 5.91 Å². The number of carboxylic acid groups (broad SMARTS) is 1. The zero-order valence-electron chi connectivity index (χ0n) is 13.7. The maximum absolute atomic E-state index is 12.2. The third-order valence-corrected chi connectivity index (χ3v) is 4.21. The zero-order chi connectivity index (χ0) is 17.8. The maximum atomic E-state index is 12.2. The average Bonchev–Trinajstić information content (AvgIpc) is 2.63. The summed E-state index contributed by atoms with van der Waals surface area (Å²) in [6.07, 6.45) is -0.875. The van der Waals surface area contributed by atoms with Gasteiger partial charge in [0.15, 0.2) is 0 Å². The zero-order valence-corrected chi connectivity index (χ0v) is 13.7. The second-order valence-electron chi connectivity index (χ2n) is 5.88. The maximum Gasteiger partial charge on any atom is 0.407 e. The van der Waals surface area contributed by atoms with Crippen molar-refractivity contribution in [3.05, 3.63) is 54.1 Å². The van der Waals surface area contributed by atoms with E-state index in [0.29, 0.717) is 43.1 Å². The Balaban J connectivity index is 1.60. The quantitative estimate of drug-likeness (QED) is 0.745. The minimum absolute atomic E-state index is 0.192. The Morgan fingerprint density at radius 1 is 0.920 bits per heavy atom. The number of carbonyl (C=O) groups is 2. The summed E-state index contributed by atoms with van der Waals surface area (Å²) in [4.78, 5) is 26.7. The molecule has 1 heterocycles. The number of carbonyl (C=O) groups excluding carboxylic acids is 1. The minimum Gasteiger partial charge on any atom is -0.465 e. The Hall–Kier alpha value is -3.22. The lowest BCUT2D eigenvalue weighted by atomic mass is 10.2. The van der Waals surface area contributed by atoms with Crippen molar-refractivity contribution < 1.29 is 14.7 Å². The number of nitrogens with two attached hydrogens (primary N) is 1. The fraction of sp³-hybridized carbons (Fsp3) is 0.222. The fourth-order valence-electron chi connectivity index (χ4n) is 2.75. The smallest absolute Gasteiger partial charge is 0.407 e. The Morgan fingerprint density at radius 2 is 1.52 bits per heavy atom. The normalized spacial score (nSPS) is 14.2. The molecule has 1 aliphatic rings. The highest BCUT2D eigenvalue weighted by atomic mass is 16.4. The van der Waals surface area contributed by atoms with Gasteiger partial charge >= 0.3 is 6.09 Å². The van der Waals surface area contributed by atoms with Gasteiger partial charge in [-0.25, -0.2) is 4.79 Å².